The number of unbranched alkanes of at least 4 members (excludes halogenated alkanes) is 1. The molecule has 1 aliphatic rings. The molecular weight excluding hydrogens is 268 g/mol. The lowest BCUT2D eigenvalue weighted by molar-refractivity contribution is 0.152. The average molecular weight is 294 g/mol. The van der Waals surface area contributed by atoms with Gasteiger partial charge in [0, 0.05) is 32.7 Å². The number of furan rings is 1. The predicted molar refractivity (Wildman–Crippen MR) is 82.1 cm³/mol. The largest absolute Gasteiger partial charge is 0.467 e. The van der Waals surface area contributed by atoms with Crippen molar-refractivity contribution in [3.63, 3.8) is 0 Å². The number of likely N-dealkylation sites (N-methyl/N-ethyl adjacent to an activating group) is 1. The van der Waals surface area contributed by atoms with Gasteiger partial charge in [-0.1, -0.05) is 0 Å². The maximum atomic E-state index is 11.6. The molecule has 1 aromatic heterocycles. The van der Waals surface area contributed by atoms with Crippen molar-refractivity contribution in [2.75, 3.05) is 46.3 Å². The second-order valence-electron chi connectivity index (χ2n) is 5.54. The van der Waals surface area contributed by atoms with Crippen LogP contribution in [0.4, 0.5) is 4.79 Å². The fourth-order valence-corrected chi connectivity index (χ4v) is 2.38. The van der Waals surface area contributed by atoms with Gasteiger partial charge in [-0.15, -0.1) is 0 Å². The lowest BCUT2D eigenvalue weighted by Gasteiger charge is -2.32. The van der Waals surface area contributed by atoms with Crippen molar-refractivity contribution in [3.8, 4) is 0 Å². The van der Waals surface area contributed by atoms with E-state index in [1.54, 1.807) is 6.26 Å². The van der Waals surface area contributed by atoms with Crippen LogP contribution in [-0.2, 0) is 6.54 Å². The zero-order chi connectivity index (χ0) is 14.9. The van der Waals surface area contributed by atoms with Gasteiger partial charge in [0.05, 0.1) is 12.8 Å². The fraction of sp³-hybridized carbons (Fsp3) is 0.667. The Hall–Kier alpha value is -1.53. The third kappa shape index (κ3) is 6.18. The molecule has 0 atom stereocenters. The normalized spacial score (nSPS) is 16.8. The molecule has 0 aliphatic carbocycles. The van der Waals surface area contributed by atoms with Crippen LogP contribution in [0.3, 0.4) is 0 Å². The molecule has 1 fully saturated rings. The van der Waals surface area contributed by atoms with E-state index in [1.165, 1.54) is 0 Å². The van der Waals surface area contributed by atoms with Crippen molar-refractivity contribution in [3.05, 3.63) is 24.2 Å². The fourth-order valence-electron chi connectivity index (χ4n) is 2.38. The van der Waals surface area contributed by atoms with Gasteiger partial charge in [-0.3, -0.25) is 0 Å². The Morgan fingerprint density at radius 1 is 1.24 bits per heavy atom. The summed E-state index contributed by atoms with van der Waals surface area (Å²) < 4.78 is 5.15. The van der Waals surface area contributed by atoms with Gasteiger partial charge in [0.25, 0.3) is 0 Å². The number of nitrogens with zero attached hydrogens (tertiary/aromatic N) is 2. The summed E-state index contributed by atoms with van der Waals surface area (Å²) in [4.78, 5) is 16.4. The molecule has 6 nitrogen and oxygen atoms in total. The standard InChI is InChI=1S/C15H26N4O2/c1-18-8-10-19(11-9-18)7-3-2-6-16-15(20)17-13-14-5-4-12-21-14/h4-5,12H,2-3,6-11,13H2,1H3,(H2,16,17,20). The lowest BCUT2D eigenvalue weighted by atomic mass is 10.2. The molecule has 118 valence electrons. The van der Waals surface area contributed by atoms with Crippen molar-refractivity contribution in [1.29, 1.82) is 0 Å². The number of carbonyl (C=O) groups is 1. The number of rotatable bonds is 7. The zero-order valence-electron chi connectivity index (χ0n) is 12.8. The highest BCUT2D eigenvalue weighted by molar-refractivity contribution is 5.73. The van der Waals surface area contributed by atoms with E-state index in [4.69, 9.17) is 4.42 Å². The van der Waals surface area contributed by atoms with Crippen LogP contribution in [0.1, 0.15) is 18.6 Å². The second kappa shape index (κ2) is 8.69. The summed E-state index contributed by atoms with van der Waals surface area (Å²) in [7, 11) is 2.17. The highest BCUT2D eigenvalue weighted by Gasteiger charge is 2.12. The molecule has 2 amide bonds. The highest BCUT2D eigenvalue weighted by atomic mass is 16.3. The topological polar surface area (TPSA) is 60.8 Å². The average Bonchev–Trinajstić information content (AvgIpc) is 3.00. The van der Waals surface area contributed by atoms with Gasteiger partial charge in [0.15, 0.2) is 0 Å². The Kier molecular flexibility index (Phi) is 6.56. The molecule has 0 bridgehead atoms. The Labute approximate surface area is 126 Å². The number of carbonyl (C=O) groups excluding carboxylic acids is 1. The molecule has 2 rings (SSSR count). The molecule has 0 aromatic carbocycles. The van der Waals surface area contributed by atoms with E-state index >= 15 is 0 Å². The predicted octanol–water partition coefficient (Wildman–Crippen LogP) is 1.11. The Morgan fingerprint density at radius 3 is 2.76 bits per heavy atom. The monoisotopic (exact) mass is 294 g/mol. The molecule has 1 aliphatic heterocycles. The first kappa shape index (κ1) is 15.9. The van der Waals surface area contributed by atoms with Crippen LogP contribution in [0.25, 0.3) is 0 Å². The summed E-state index contributed by atoms with van der Waals surface area (Å²) in [6.07, 6.45) is 3.75. The molecule has 21 heavy (non-hydrogen) atoms. The van der Waals surface area contributed by atoms with Crippen LogP contribution >= 0.6 is 0 Å². The zero-order valence-corrected chi connectivity index (χ0v) is 12.8. The smallest absolute Gasteiger partial charge is 0.315 e. The molecule has 6 heteroatoms. The maximum Gasteiger partial charge on any atom is 0.315 e. The van der Waals surface area contributed by atoms with Gasteiger partial charge >= 0.3 is 6.03 Å². The molecule has 0 saturated carbocycles. The summed E-state index contributed by atoms with van der Waals surface area (Å²) in [6.45, 7) is 6.92. The van der Waals surface area contributed by atoms with Gasteiger partial charge in [-0.05, 0) is 38.6 Å². The SMILES string of the molecule is CN1CCN(CCCCNC(=O)NCc2ccco2)CC1. The summed E-state index contributed by atoms with van der Waals surface area (Å²) in [5.41, 5.74) is 0. The van der Waals surface area contributed by atoms with Gasteiger partial charge < -0.3 is 24.9 Å². The molecule has 1 aromatic rings. The van der Waals surface area contributed by atoms with Crippen LogP contribution in [-0.4, -0.2) is 62.1 Å². The van der Waals surface area contributed by atoms with Crippen LogP contribution in [0.15, 0.2) is 22.8 Å². The number of hydrogen-bond donors (Lipinski definition) is 2. The van der Waals surface area contributed by atoms with Gasteiger partial charge in [0.2, 0.25) is 0 Å². The summed E-state index contributed by atoms with van der Waals surface area (Å²) in [5, 5.41) is 5.64. The van der Waals surface area contributed by atoms with Crippen molar-refractivity contribution < 1.29 is 9.21 Å². The molecule has 2 N–H and O–H groups in total. The number of piperazine rings is 1. The molecule has 1 saturated heterocycles. The molecule has 0 unspecified atom stereocenters. The maximum absolute atomic E-state index is 11.6. The van der Waals surface area contributed by atoms with Crippen molar-refractivity contribution in [2.45, 2.75) is 19.4 Å². The first-order valence-corrected chi connectivity index (χ1v) is 7.69. The van der Waals surface area contributed by atoms with Gasteiger partial charge in [-0.25, -0.2) is 4.79 Å². The van der Waals surface area contributed by atoms with Gasteiger partial charge in [0.1, 0.15) is 5.76 Å². The van der Waals surface area contributed by atoms with Crippen LogP contribution < -0.4 is 10.6 Å². The molecular formula is C15H26N4O2. The van der Waals surface area contributed by atoms with E-state index in [0.717, 1.165) is 57.9 Å². The van der Waals surface area contributed by atoms with E-state index in [2.05, 4.69) is 27.5 Å². The van der Waals surface area contributed by atoms with Crippen molar-refractivity contribution in [1.82, 2.24) is 20.4 Å². The first-order chi connectivity index (χ1) is 10.2. The van der Waals surface area contributed by atoms with E-state index in [-0.39, 0.29) is 6.03 Å². The lowest BCUT2D eigenvalue weighted by Crippen LogP contribution is -2.44. The third-order valence-electron chi connectivity index (χ3n) is 3.79. The Balaban J connectivity index is 1.45. The minimum Gasteiger partial charge on any atom is -0.467 e. The highest BCUT2D eigenvalue weighted by Crippen LogP contribution is 2.01. The minimum absolute atomic E-state index is 0.133. The van der Waals surface area contributed by atoms with Crippen molar-refractivity contribution >= 4 is 6.03 Å². The van der Waals surface area contributed by atoms with E-state index in [1.807, 2.05) is 12.1 Å². The summed E-state index contributed by atoms with van der Waals surface area (Å²) in [6, 6.07) is 3.52. The number of amides is 2. The number of hydrogen-bond acceptors (Lipinski definition) is 4. The quantitative estimate of drug-likeness (QED) is 0.740. The summed E-state index contributed by atoms with van der Waals surface area (Å²) in [5.74, 6) is 0.764. The molecule has 0 spiro atoms. The van der Waals surface area contributed by atoms with E-state index in [9.17, 15) is 4.79 Å². The van der Waals surface area contributed by atoms with Crippen LogP contribution in [0.5, 0.6) is 0 Å². The van der Waals surface area contributed by atoms with Crippen LogP contribution in [0, 0.1) is 0 Å². The van der Waals surface area contributed by atoms with Gasteiger partial charge in [-0.2, -0.15) is 0 Å². The van der Waals surface area contributed by atoms with E-state index < -0.39 is 0 Å². The second-order valence-corrected chi connectivity index (χ2v) is 5.54. The first-order valence-electron chi connectivity index (χ1n) is 7.69. The number of urea groups is 1. The Bertz CT molecular complexity index is 400. The molecule has 0 radical (unpaired) electrons. The van der Waals surface area contributed by atoms with Crippen LogP contribution in [0.2, 0.25) is 0 Å². The Morgan fingerprint density at radius 2 is 2.05 bits per heavy atom. The molecule has 2 heterocycles. The number of nitrogens with one attached hydrogen (secondary N) is 2. The minimum atomic E-state index is -0.133. The van der Waals surface area contributed by atoms with Crippen molar-refractivity contribution in [2.24, 2.45) is 0 Å². The van der Waals surface area contributed by atoms with E-state index in [0.29, 0.717) is 6.54 Å². The third-order valence-corrected chi connectivity index (χ3v) is 3.79. The summed E-state index contributed by atoms with van der Waals surface area (Å²) >= 11 is 0.